The van der Waals surface area contributed by atoms with Crippen LogP contribution in [0.3, 0.4) is 0 Å². The Labute approximate surface area is 171 Å². The number of rotatable bonds is 2. The Morgan fingerprint density at radius 3 is 2.48 bits per heavy atom. The predicted molar refractivity (Wildman–Crippen MR) is 112 cm³/mol. The van der Waals surface area contributed by atoms with Crippen LogP contribution in [0.2, 0.25) is 0 Å². The zero-order valence-electron chi connectivity index (χ0n) is 16.0. The second-order valence-corrected chi connectivity index (χ2v) is 9.80. The molecule has 1 aliphatic rings. The number of carbonyl (C=O) groups excluding carboxylic acids is 2. The Morgan fingerprint density at radius 2 is 1.89 bits per heavy atom. The summed E-state index contributed by atoms with van der Waals surface area (Å²) in [4.78, 5) is 25.3. The average Bonchev–Trinajstić information content (AvgIpc) is 2.99. The lowest BCUT2D eigenvalue weighted by Gasteiger charge is -2.21. The van der Waals surface area contributed by atoms with Gasteiger partial charge in [0.15, 0.2) is 0 Å². The third kappa shape index (κ3) is 4.35. The van der Waals surface area contributed by atoms with E-state index in [0.29, 0.717) is 17.0 Å². The number of aromatic nitrogens is 1. The molecule has 1 aromatic heterocycles. The summed E-state index contributed by atoms with van der Waals surface area (Å²) in [6, 6.07) is 3.66. The highest BCUT2D eigenvalue weighted by Crippen LogP contribution is 2.39. The number of benzene rings is 1. The molecule has 146 valence electrons. The number of halogens is 1. The Bertz CT molecular complexity index is 878. The third-order valence-electron chi connectivity index (χ3n) is 4.55. The molecule has 1 fully saturated rings. The molecule has 0 bridgehead atoms. The molecule has 0 atom stereocenters. The van der Waals surface area contributed by atoms with Gasteiger partial charge in [0.2, 0.25) is 0 Å². The van der Waals surface area contributed by atoms with E-state index in [4.69, 9.17) is 9.47 Å². The van der Waals surface area contributed by atoms with Gasteiger partial charge >= 0.3 is 12.1 Å². The van der Waals surface area contributed by atoms with Gasteiger partial charge in [-0.25, -0.2) is 9.59 Å². The molecule has 0 spiro atoms. The summed E-state index contributed by atoms with van der Waals surface area (Å²) < 4.78 is 12.8. The van der Waals surface area contributed by atoms with Gasteiger partial charge in [-0.15, -0.1) is 0 Å². The minimum absolute atomic E-state index is 0.351. The number of esters is 1. The van der Waals surface area contributed by atoms with Crippen molar-refractivity contribution in [2.24, 2.45) is 0 Å². The Morgan fingerprint density at radius 1 is 1.22 bits per heavy atom. The van der Waals surface area contributed by atoms with Crippen LogP contribution in [0.5, 0.6) is 0 Å². The van der Waals surface area contributed by atoms with Crippen molar-refractivity contribution in [2.45, 2.75) is 45.1 Å². The zero-order valence-corrected chi connectivity index (χ0v) is 18.4. The zero-order chi connectivity index (χ0) is 19.8. The summed E-state index contributed by atoms with van der Waals surface area (Å²) >= 11 is 5.45. The fraction of sp³-hybridized carbons (Fsp3) is 0.500. The van der Waals surface area contributed by atoms with E-state index in [2.05, 4.69) is 15.9 Å². The Balaban J connectivity index is 2.23. The van der Waals surface area contributed by atoms with E-state index in [1.54, 1.807) is 6.07 Å². The number of hydrogen-bond donors (Lipinski definition) is 0. The Kier molecular flexibility index (Phi) is 5.91. The van der Waals surface area contributed by atoms with E-state index >= 15 is 0 Å². The van der Waals surface area contributed by atoms with Crippen molar-refractivity contribution >= 4 is 50.7 Å². The molecule has 2 aromatic rings. The van der Waals surface area contributed by atoms with Crippen LogP contribution in [-0.4, -0.2) is 40.8 Å². The predicted octanol–water partition coefficient (Wildman–Crippen LogP) is 5.58. The van der Waals surface area contributed by atoms with Gasteiger partial charge in [-0.05, 0) is 68.7 Å². The monoisotopic (exact) mass is 453 g/mol. The first kappa shape index (κ1) is 20.3. The molecule has 0 radical (unpaired) electrons. The third-order valence-corrected chi connectivity index (χ3v) is 6.06. The van der Waals surface area contributed by atoms with E-state index in [1.165, 1.54) is 11.7 Å². The van der Waals surface area contributed by atoms with Gasteiger partial charge in [-0.1, -0.05) is 15.9 Å². The Hall–Kier alpha value is -1.47. The molecule has 2 heterocycles. The number of carbonyl (C=O) groups is 2. The van der Waals surface area contributed by atoms with Crippen molar-refractivity contribution in [1.82, 2.24) is 4.57 Å². The molecule has 1 saturated heterocycles. The number of ether oxygens (including phenoxy) is 2. The van der Waals surface area contributed by atoms with Crippen LogP contribution >= 0.6 is 27.7 Å². The van der Waals surface area contributed by atoms with Crippen molar-refractivity contribution in [2.75, 3.05) is 18.6 Å². The lowest BCUT2D eigenvalue weighted by Crippen LogP contribution is -2.27. The minimum Gasteiger partial charge on any atom is -0.465 e. The molecule has 3 rings (SSSR count). The number of methoxy groups -OCH3 is 1. The first-order valence-corrected chi connectivity index (χ1v) is 10.9. The van der Waals surface area contributed by atoms with Crippen LogP contribution in [-0.2, 0) is 9.47 Å². The lowest BCUT2D eigenvalue weighted by molar-refractivity contribution is 0.0544. The van der Waals surface area contributed by atoms with Crippen LogP contribution in [0, 0.1) is 0 Å². The number of fused-ring (bicyclic) bond motifs is 1. The summed E-state index contributed by atoms with van der Waals surface area (Å²) in [7, 11) is 1.34. The van der Waals surface area contributed by atoms with Gasteiger partial charge in [0.1, 0.15) is 5.60 Å². The highest BCUT2D eigenvalue weighted by Gasteiger charge is 2.28. The highest BCUT2D eigenvalue weighted by molar-refractivity contribution is 9.10. The second-order valence-electron chi connectivity index (χ2n) is 7.66. The summed E-state index contributed by atoms with van der Waals surface area (Å²) in [5, 5.41) is 0.896. The smallest absolute Gasteiger partial charge is 0.419 e. The maximum absolute atomic E-state index is 12.9. The quantitative estimate of drug-likeness (QED) is 0.555. The van der Waals surface area contributed by atoms with Crippen LogP contribution in [0.25, 0.3) is 10.9 Å². The molecular formula is C20H24BrNO4S. The summed E-state index contributed by atoms with van der Waals surface area (Å²) in [6.45, 7) is 5.48. The van der Waals surface area contributed by atoms with E-state index in [9.17, 15) is 9.59 Å². The fourth-order valence-electron chi connectivity index (χ4n) is 3.41. The number of hydrogen-bond acceptors (Lipinski definition) is 5. The van der Waals surface area contributed by atoms with Crippen molar-refractivity contribution < 1.29 is 19.1 Å². The van der Waals surface area contributed by atoms with Crippen molar-refractivity contribution in [3.05, 3.63) is 33.9 Å². The molecule has 5 nitrogen and oxygen atoms in total. The highest BCUT2D eigenvalue weighted by atomic mass is 79.9. The van der Waals surface area contributed by atoms with Crippen LogP contribution in [0.4, 0.5) is 4.79 Å². The fourth-order valence-corrected chi connectivity index (χ4v) is 4.97. The summed E-state index contributed by atoms with van der Waals surface area (Å²) in [5.41, 5.74) is 1.36. The first-order chi connectivity index (χ1) is 12.7. The lowest BCUT2D eigenvalue weighted by atomic mass is 9.92. The van der Waals surface area contributed by atoms with Crippen LogP contribution in [0.1, 0.15) is 55.5 Å². The van der Waals surface area contributed by atoms with E-state index in [1.807, 2.05) is 44.8 Å². The molecule has 0 saturated carbocycles. The van der Waals surface area contributed by atoms with Gasteiger partial charge in [-0.3, -0.25) is 4.57 Å². The van der Waals surface area contributed by atoms with Gasteiger partial charge in [0.05, 0.1) is 18.2 Å². The maximum atomic E-state index is 12.9. The average molecular weight is 454 g/mol. The minimum atomic E-state index is -0.629. The first-order valence-electron chi connectivity index (χ1n) is 8.95. The number of thioether (sulfide) groups is 1. The normalized spacial score (nSPS) is 15.7. The largest absolute Gasteiger partial charge is 0.465 e. The topological polar surface area (TPSA) is 57.5 Å². The van der Waals surface area contributed by atoms with Gasteiger partial charge < -0.3 is 9.47 Å². The molecule has 0 amide bonds. The van der Waals surface area contributed by atoms with Crippen molar-refractivity contribution in [1.29, 1.82) is 0 Å². The number of nitrogens with zero attached hydrogens (tertiary/aromatic N) is 1. The van der Waals surface area contributed by atoms with Crippen LogP contribution < -0.4 is 0 Å². The van der Waals surface area contributed by atoms with E-state index in [-0.39, 0.29) is 0 Å². The molecule has 0 aliphatic carbocycles. The van der Waals surface area contributed by atoms with Crippen molar-refractivity contribution in [3.63, 3.8) is 0 Å². The molecule has 7 heteroatoms. The molecule has 0 N–H and O–H groups in total. The maximum Gasteiger partial charge on any atom is 0.419 e. The summed E-state index contributed by atoms with van der Waals surface area (Å²) in [6.07, 6.45) is 3.46. The van der Waals surface area contributed by atoms with Gasteiger partial charge in [0.25, 0.3) is 0 Å². The summed E-state index contributed by atoms with van der Waals surface area (Å²) in [5.74, 6) is 2.08. The van der Waals surface area contributed by atoms with Gasteiger partial charge in [0, 0.05) is 16.1 Å². The second kappa shape index (κ2) is 7.87. The van der Waals surface area contributed by atoms with Crippen LogP contribution in [0.15, 0.2) is 22.8 Å². The molecular weight excluding hydrogens is 430 g/mol. The van der Waals surface area contributed by atoms with Gasteiger partial charge in [-0.2, -0.15) is 11.8 Å². The molecule has 1 aromatic carbocycles. The standard InChI is InChI=1S/C20H24BrNO4S/c1-20(2,3)26-19(24)22-11-16(12-5-7-27-8-6-12)14-9-13(21)10-15(17(14)22)18(23)25-4/h9-12H,5-8H2,1-4H3. The van der Waals surface area contributed by atoms with E-state index < -0.39 is 17.7 Å². The molecule has 27 heavy (non-hydrogen) atoms. The molecule has 1 aliphatic heterocycles. The molecule has 0 unspecified atom stereocenters. The van der Waals surface area contributed by atoms with Crippen molar-refractivity contribution in [3.8, 4) is 0 Å². The van der Waals surface area contributed by atoms with E-state index in [0.717, 1.165) is 39.8 Å². The SMILES string of the molecule is COC(=O)c1cc(Br)cc2c(C3CCSCC3)cn(C(=O)OC(C)(C)C)c12.